The van der Waals surface area contributed by atoms with Crippen LogP contribution in [0.15, 0.2) is 41.9 Å². The number of hydrogen-bond acceptors (Lipinski definition) is 5. The Balaban J connectivity index is 1.74. The van der Waals surface area contributed by atoms with Crippen molar-refractivity contribution in [3.8, 4) is 22.1 Å². The van der Waals surface area contributed by atoms with Crippen molar-refractivity contribution in [3.05, 3.63) is 47.5 Å². The van der Waals surface area contributed by atoms with Gasteiger partial charge in [-0.1, -0.05) is 6.07 Å². The van der Waals surface area contributed by atoms with Crippen LogP contribution >= 0.6 is 11.3 Å². The van der Waals surface area contributed by atoms with Gasteiger partial charge in [-0.3, -0.25) is 5.10 Å². The van der Waals surface area contributed by atoms with Gasteiger partial charge in [0.05, 0.1) is 23.9 Å². The lowest BCUT2D eigenvalue weighted by atomic mass is 10.2. The number of aromatic hydroxyl groups is 1. The van der Waals surface area contributed by atoms with E-state index < -0.39 is 0 Å². The number of benzene rings is 1. The van der Waals surface area contributed by atoms with Crippen LogP contribution in [-0.4, -0.2) is 22.4 Å². The summed E-state index contributed by atoms with van der Waals surface area (Å²) in [6, 6.07) is 9.31. The van der Waals surface area contributed by atoms with E-state index in [1.54, 1.807) is 23.5 Å². The van der Waals surface area contributed by atoms with Gasteiger partial charge >= 0.3 is 0 Å². The number of nitrogens with one attached hydrogen (secondary N) is 2. The Morgan fingerprint density at radius 2 is 2.29 bits per heavy atom. The highest BCUT2D eigenvalue weighted by molar-refractivity contribution is 7.13. The van der Waals surface area contributed by atoms with Gasteiger partial charge in [0.25, 0.3) is 0 Å². The molecule has 2 heterocycles. The van der Waals surface area contributed by atoms with E-state index >= 15 is 0 Å². The Morgan fingerprint density at radius 3 is 3.00 bits per heavy atom. The number of ether oxygens (including phenoxy) is 1. The molecule has 0 spiro atoms. The molecule has 6 heteroatoms. The van der Waals surface area contributed by atoms with Gasteiger partial charge in [0, 0.05) is 23.9 Å². The third kappa shape index (κ3) is 2.85. The second kappa shape index (κ2) is 5.88. The number of nitrogens with zero attached hydrogens (tertiary/aromatic N) is 1. The molecule has 21 heavy (non-hydrogen) atoms. The van der Waals surface area contributed by atoms with Gasteiger partial charge in [0.2, 0.25) is 0 Å². The number of aromatic amines is 1. The van der Waals surface area contributed by atoms with Gasteiger partial charge in [0.15, 0.2) is 11.5 Å². The predicted octanol–water partition coefficient (Wildman–Crippen LogP) is 3.46. The lowest BCUT2D eigenvalue weighted by Gasteiger charge is -2.09. The average molecular weight is 301 g/mol. The quantitative estimate of drug-likeness (QED) is 0.675. The van der Waals surface area contributed by atoms with Crippen molar-refractivity contribution in [1.29, 1.82) is 0 Å². The van der Waals surface area contributed by atoms with Crippen molar-refractivity contribution in [1.82, 2.24) is 10.2 Å². The molecule has 3 N–H and O–H groups in total. The minimum Gasteiger partial charge on any atom is -0.504 e. The predicted molar refractivity (Wildman–Crippen MR) is 83.9 cm³/mol. The number of hydrogen-bond donors (Lipinski definition) is 3. The van der Waals surface area contributed by atoms with Gasteiger partial charge in [-0.2, -0.15) is 5.10 Å². The van der Waals surface area contributed by atoms with E-state index in [0.717, 1.165) is 21.8 Å². The smallest absolute Gasteiger partial charge is 0.160 e. The summed E-state index contributed by atoms with van der Waals surface area (Å²) >= 11 is 1.67. The molecule has 0 aliphatic heterocycles. The van der Waals surface area contributed by atoms with Gasteiger partial charge in [-0.15, -0.1) is 11.3 Å². The Hall–Kier alpha value is -2.47. The summed E-state index contributed by atoms with van der Waals surface area (Å²) in [5, 5.41) is 22.2. The molecule has 0 amide bonds. The minimum atomic E-state index is 0.119. The third-order valence-electron chi connectivity index (χ3n) is 3.15. The maximum Gasteiger partial charge on any atom is 0.160 e. The number of thiophene rings is 1. The molecular weight excluding hydrogens is 286 g/mol. The molecule has 0 bridgehead atoms. The zero-order valence-electron chi connectivity index (χ0n) is 11.5. The molecule has 0 fully saturated rings. The molecule has 5 nitrogen and oxygen atoms in total. The first-order valence-electron chi connectivity index (χ1n) is 6.45. The summed E-state index contributed by atoms with van der Waals surface area (Å²) in [7, 11) is 1.53. The fraction of sp³-hybridized carbons (Fsp3) is 0.133. The topological polar surface area (TPSA) is 70.2 Å². The number of methoxy groups -OCH3 is 1. The summed E-state index contributed by atoms with van der Waals surface area (Å²) in [5.74, 6) is 0.580. The largest absolute Gasteiger partial charge is 0.504 e. The highest BCUT2D eigenvalue weighted by Crippen LogP contribution is 2.30. The number of phenols is 1. The first kappa shape index (κ1) is 13.5. The molecular formula is C15H15N3O2S. The van der Waals surface area contributed by atoms with Gasteiger partial charge < -0.3 is 15.2 Å². The number of H-pyrrole nitrogens is 1. The number of phenolic OH excluding ortho intramolecular Hbond substituents is 1. The molecule has 0 atom stereocenters. The molecule has 3 aromatic rings. The van der Waals surface area contributed by atoms with E-state index in [1.165, 1.54) is 7.11 Å². The molecule has 0 aliphatic rings. The van der Waals surface area contributed by atoms with Crippen LogP contribution in [0.4, 0.5) is 5.69 Å². The van der Waals surface area contributed by atoms with Crippen LogP contribution in [0.3, 0.4) is 0 Å². The lowest BCUT2D eigenvalue weighted by molar-refractivity contribution is 0.373. The molecule has 0 aliphatic carbocycles. The lowest BCUT2D eigenvalue weighted by Crippen LogP contribution is -1.99. The minimum absolute atomic E-state index is 0.119. The highest BCUT2D eigenvalue weighted by atomic mass is 32.1. The maximum atomic E-state index is 9.77. The highest BCUT2D eigenvalue weighted by Gasteiger charge is 2.09. The van der Waals surface area contributed by atoms with E-state index in [1.807, 2.05) is 23.7 Å². The van der Waals surface area contributed by atoms with Crippen LogP contribution in [0.1, 0.15) is 5.56 Å². The summed E-state index contributed by atoms with van der Waals surface area (Å²) in [5.41, 5.74) is 2.93. The van der Waals surface area contributed by atoms with Gasteiger partial charge in [-0.05, 0) is 23.6 Å². The van der Waals surface area contributed by atoms with Crippen molar-refractivity contribution in [2.45, 2.75) is 6.54 Å². The molecule has 0 saturated carbocycles. The summed E-state index contributed by atoms with van der Waals surface area (Å²) in [6.45, 7) is 0.621. The summed E-state index contributed by atoms with van der Waals surface area (Å²) in [6.07, 6.45) is 1.81. The molecule has 0 radical (unpaired) electrons. The van der Waals surface area contributed by atoms with Crippen molar-refractivity contribution in [2.24, 2.45) is 0 Å². The Morgan fingerprint density at radius 1 is 1.38 bits per heavy atom. The normalized spacial score (nSPS) is 10.5. The van der Waals surface area contributed by atoms with Crippen molar-refractivity contribution in [3.63, 3.8) is 0 Å². The second-order valence-corrected chi connectivity index (χ2v) is 5.44. The average Bonchev–Trinajstić information content (AvgIpc) is 3.16. The van der Waals surface area contributed by atoms with Crippen molar-refractivity contribution >= 4 is 17.0 Å². The number of anilines is 1. The fourth-order valence-electron chi connectivity index (χ4n) is 2.08. The zero-order valence-corrected chi connectivity index (χ0v) is 12.3. The van der Waals surface area contributed by atoms with Crippen LogP contribution in [0.25, 0.3) is 10.6 Å². The first-order chi connectivity index (χ1) is 10.3. The number of rotatable bonds is 5. The van der Waals surface area contributed by atoms with E-state index in [-0.39, 0.29) is 5.75 Å². The Labute approximate surface area is 126 Å². The molecule has 0 saturated heterocycles. The Bertz CT molecular complexity index is 722. The van der Waals surface area contributed by atoms with Crippen LogP contribution in [-0.2, 0) is 6.54 Å². The van der Waals surface area contributed by atoms with Crippen LogP contribution < -0.4 is 10.1 Å². The van der Waals surface area contributed by atoms with E-state index in [4.69, 9.17) is 4.74 Å². The first-order valence-corrected chi connectivity index (χ1v) is 7.33. The Kier molecular flexibility index (Phi) is 3.79. The number of aromatic nitrogens is 2. The van der Waals surface area contributed by atoms with E-state index in [0.29, 0.717) is 12.3 Å². The molecule has 108 valence electrons. The third-order valence-corrected chi connectivity index (χ3v) is 4.03. The summed E-state index contributed by atoms with van der Waals surface area (Å²) in [4.78, 5) is 1.15. The van der Waals surface area contributed by atoms with Gasteiger partial charge in [0.1, 0.15) is 0 Å². The zero-order chi connectivity index (χ0) is 14.7. The van der Waals surface area contributed by atoms with E-state index in [9.17, 15) is 5.11 Å². The van der Waals surface area contributed by atoms with Crippen molar-refractivity contribution < 1.29 is 9.84 Å². The van der Waals surface area contributed by atoms with Crippen LogP contribution in [0.2, 0.25) is 0 Å². The molecule has 3 rings (SSSR count). The second-order valence-electron chi connectivity index (χ2n) is 4.49. The van der Waals surface area contributed by atoms with Crippen LogP contribution in [0, 0.1) is 0 Å². The SMILES string of the molecule is COc1ccc(NCc2cn[nH]c2-c2cccs2)cc1O. The molecule has 1 aromatic carbocycles. The summed E-state index contributed by atoms with van der Waals surface area (Å²) < 4.78 is 5.03. The van der Waals surface area contributed by atoms with Crippen LogP contribution in [0.5, 0.6) is 11.5 Å². The fourth-order valence-corrected chi connectivity index (χ4v) is 2.83. The van der Waals surface area contributed by atoms with Gasteiger partial charge in [-0.25, -0.2) is 0 Å². The molecule has 0 unspecified atom stereocenters. The maximum absolute atomic E-state index is 9.77. The standard InChI is InChI=1S/C15H15N3O2S/c1-20-13-5-4-11(7-12(13)19)16-8-10-9-17-18-15(10)14-3-2-6-21-14/h2-7,9,16,19H,8H2,1H3,(H,17,18). The van der Waals surface area contributed by atoms with Crippen molar-refractivity contribution in [2.75, 3.05) is 12.4 Å². The van der Waals surface area contributed by atoms with E-state index in [2.05, 4.69) is 21.6 Å². The molecule has 2 aromatic heterocycles. The monoisotopic (exact) mass is 301 g/mol.